The summed E-state index contributed by atoms with van der Waals surface area (Å²) < 4.78 is 15.5. The molecule has 0 saturated carbocycles. The smallest absolute Gasteiger partial charge is 0.331 e. The lowest BCUT2D eigenvalue weighted by Gasteiger charge is -2.06. The molecular formula is C16H18N2O4. The number of aromatic nitrogens is 2. The number of carbonyl (C=O) groups is 1. The Labute approximate surface area is 128 Å². The van der Waals surface area contributed by atoms with Crippen LogP contribution >= 0.6 is 0 Å². The first-order chi connectivity index (χ1) is 10.6. The van der Waals surface area contributed by atoms with Crippen LogP contribution < -0.4 is 4.74 Å². The van der Waals surface area contributed by atoms with Crippen LogP contribution in [0.25, 0.3) is 6.08 Å². The van der Waals surface area contributed by atoms with Gasteiger partial charge in [0, 0.05) is 6.08 Å². The number of carbonyl (C=O) groups excluding carboxylic acids is 1. The zero-order valence-corrected chi connectivity index (χ0v) is 12.8. The van der Waals surface area contributed by atoms with E-state index in [-0.39, 0.29) is 5.89 Å². The summed E-state index contributed by atoms with van der Waals surface area (Å²) in [6.45, 7) is 5.92. The van der Waals surface area contributed by atoms with E-state index in [2.05, 4.69) is 10.1 Å². The number of hydrogen-bond acceptors (Lipinski definition) is 6. The van der Waals surface area contributed by atoms with E-state index in [0.29, 0.717) is 12.4 Å². The molecular weight excluding hydrogens is 284 g/mol. The molecule has 0 aliphatic rings. The molecule has 6 heteroatoms. The van der Waals surface area contributed by atoms with Crippen LogP contribution in [0.5, 0.6) is 5.75 Å². The number of benzene rings is 1. The standard InChI is InChI=1S/C16H18N2O4/c1-4-20-14-8-5-13(6-9-14)7-10-15(19)21-11(2)16-17-12(3)18-22-16/h5-11H,4H2,1-3H3. The van der Waals surface area contributed by atoms with E-state index in [4.69, 9.17) is 14.0 Å². The molecule has 0 fully saturated rings. The number of rotatable bonds is 6. The van der Waals surface area contributed by atoms with Gasteiger partial charge in [0.25, 0.3) is 5.89 Å². The molecule has 1 aromatic heterocycles. The monoisotopic (exact) mass is 302 g/mol. The van der Waals surface area contributed by atoms with Crippen molar-refractivity contribution in [2.75, 3.05) is 6.61 Å². The van der Waals surface area contributed by atoms with Crippen LogP contribution in [0.1, 0.15) is 37.2 Å². The molecule has 1 unspecified atom stereocenters. The van der Waals surface area contributed by atoms with Crippen molar-refractivity contribution in [3.8, 4) is 5.75 Å². The van der Waals surface area contributed by atoms with Crippen molar-refractivity contribution < 1.29 is 18.8 Å². The van der Waals surface area contributed by atoms with E-state index in [1.165, 1.54) is 6.08 Å². The third kappa shape index (κ3) is 4.44. The Morgan fingerprint density at radius 1 is 1.36 bits per heavy atom. The molecule has 2 rings (SSSR count). The maximum atomic E-state index is 11.8. The lowest BCUT2D eigenvalue weighted by atomic mass is 10.2. The molecule has 0 spiro atoms. The molecule has 0 amide bonds. The maximum Gasteiger partial charge on any atom is 0.331 e. The Bertz CT molecular complexity index is 646. The minimum atomic E-state index is -0.585. The van der Waals surface area contributed by atoms with E-state index >= 15 is 0 Å². The lowest BCUT2D eigenvalue weighted by molar-refractivity contribution is -0.143. The molecule has 0 saturated heterocycles. The van der Waals surface area contributed by atoms with Gasteiger partial charge in [-0.1, -0.05) is 17.3 Å². The fourth-order valence-electron chi connectivity index (χ4n) is 1.75. The van der Waals surface area contributed by atoms with Gasteiger partial charge in [0.2, 0.25) is 0 Å². The van der Waals surface area contributed by atoms with E-state index < -0.39 is 12.1 Å². The van der Waals surface area contributed by atoms with Crippen molar-refractivity contribution in [1.29, 1.82) is 0 Å². The van der Waals surface area contributed by atoms with Gasteiger partial charge in [-0.2, -0.15) is 4.98 Å². The number of esters is 1. The van der Waals surface area contributed by atoms with Gasteiger partial charge in [-0.05, 0) is 44.5 Å². The highest BCUT2D eigenvalue weighted by Crippen LogP contribution is 2.16. The van der Waals surface area contributed by atoms with Gasteiger partial charge in [-0.3, -0.25) is 0 Å². The number of ether oxygens (including phenoxy) is 2. The van der Waals surface area contributed by atoms with Gasteiger partial charge in [-0.25, -0.2) is 4.79 Å². The van der Waals surface area contributed by atoms with Crippen LogP contribution in [-0.4, -0.2) is 22.7 Å². The minimum Gasteiger partial charge on any atom is -0.494 e. The molecule has 6 nitrogen and oxygen atoms in total. The Balaban J connectivity index is 1.90. The first-order valence-corrected chi connectivity index (χ1v) is 7.00. The molecule has 0 aliphatic carbocycles. The zero-order chi connectivity index (χ0) is 15.9. The van der Waals surface area contributed by atoms with Gasteiger partial charge >= 0.3 is 5.97 Å². The highest BCUT2D eigenvalue weighted by Gasteiger charge is 2.16. The highest BCUT2D eigenvalue weighted by molar-refractivity contribution is 5.87. The molecule has 0 radical (unpaired) electrons. The quantitative estimate of drug-likeness (QED) is 0.603. The first kappa shape index (κ1) is 15.8. The van der Waals surface area contributed by atoms with Crippen LogP contribution in [0.2, 0.25) is 0 Å². The van der Waals surface area contributed by atoms with Crippen LogP contribution in [0, 0.1) is 6.92 Å². The summed E-state index contributed by atoms with van der Waals surface area (Å²) in [6.07, 6.45) is 2.44. The Hall–Kier alpha value is -2.63. The predicted molar refractivity (Wildman–Crippen MR) is 80.2 cm³/mol. The topological polar surface area (TPSA) is 74.5 Å². The second-order valence-corrected chi connectivity index (χ2v) is 4.59. The molecule has 0 aliphatic heterocycles. The fraction of sp³-hybridized carbons (Fsp3) is 0.312. The molecule has 1 heterocycles. The van der Waals surface area contributed by atoms with Crippen molar-refractivity contribution in [2.45, 2.75) is 26.9 Å². The summed E-state index contributed by atoms with van der Waals surface area (Å²) in [4.78, 5) is 15.8. The summed E-state index contributed by atoms with van der Waals surface area (Å²) in [5, 5.41) is 3.65. The average molecular weight is 302 g/mol. The lowest BCUT2D eigenvalue weighted by Crippen LogP contribution is -2.06. The Morgan fingerprint density at radius 2 is 2.09 bits per heavy atom. The SMILES string of the molecule is CCOc1ccc(C=CC(=O)OC(C)c2nc(C)no2)cc1. The minimum absolute atomic E-state index is 0.278. The van der Waals surface area contributed by atoms with Crippen molar-refractivity contribution >= 4 is 12.0 Å². The van der Waals surface area contributed by atoms with E-state index in [0.717, 1.165) is 11.3 Å². The summed E-state index contributed by atoms with van der Waals surface area (Å²) in [5.41, 5.74) is 0.877. The Morgan fingerprint density at radius 3 is 2.68 bits per heavy atom. The number of nitrogens with zero attached hydrogens (tertiary/aromatic N) is 2. The van der Waals surface area contributed by atoms with Gasteiger partial charge < -0.3 is 14.0 Å². The van der Waals surface area contributed by atoms with Crippen LogP contribution in [0.4, 0.5) is 0 Å². The normalized spacial score (nSPS) is 12.3. The van der Waals surface area contributed by atoms with Gasteiger partial charge in [0.15, 0.2) is 11.9 Å². The molecule has 2 aromatic rings. The first-order valence-electron chi connectivity index (χ1n) is 7.00. The summed E-state index contributed by atoms with van der Waals surface area (Å²) in [6, 6.07) is 7.41. The van der Waals surface area contributed by atoms with Crippen molar-refractivity contribution in [3.05, 3.63) is 47.6 Å². The molecule has 1 atom stereocenters. The number of hydrogen-bond donors (Lipinski definition) is 0. The molecule has 1 aromatic carbocycles. The molecule has 116 valence electrons. The van der Waals surface area contributed by atoms with E-state index in [1.807, 2.05) is 31.2 Å². The fourth-order valence-corrected chi connectivity index (χ4v) is 1.75. The third-order valence-corrected chi connectivity index (χ3v) is 2.79. The van der Waals surface area contributed by atoms with Crippen LogP contribution in [0.15, 0.2) is 34.9 Å². The average Bonchev–Trinajstić information content (AvgIpc) is 2.93. The molecule has 0 N–H and O–H groups in total. The van der Waals surface area contributed by atoms with Crippen molar-refractivity contribution in [3.63, 3.8) is 0 Å². The van der Waals surface area contributed by atoms with Crippen LogP contribution in [-0.2, 0) is 9.53 Å². The maximum absolute atomic E-state index is 11.8. The van der Waals surface area contributed by atoms with E-state index in [9.17, 15) is 4.79 Å². The summed E-state index contributed by atoms with van der Waals surface area (Å²) >= 11 is 0. The van der Waals surface area contributed by atoms with Gasteiger partial charge in [-0.15, -0.1) is 0 Å². The van der Waals surface area contributed by atoms with Gasteiger partial charge in [0.1, 0.15) is 5.75 Å². The summed E-state index contributed by atoms with van der Waals surface area (Å²) in [7, 11) is 0. The Kier molecular flexibility index (Phi) is 5.30. The number of aryl methyl sites for hydroxylation is 1. The molecule has 0 bridgehead atoms. The third-order valence-electron chi connectivity index (χ3n) is 2.79. The second-order valence-electron chi connectivity index (χ2n) is 4.59. The van der Waals surface area contributed by atoms with Crippen LogP contribution in [0.3, 0.4) is 0 Å². The summed E-state index contributed by atoms with van der Waals surface area (Å²) in [5.74, 6) is 1.10. The zero-order valence-electron chi connectivity index (χ0n) is 12.8. The van der Waals surface area contributed by atoms with Crippen molar-refractivity contribution in [1.82, 2.24) is 10.1 Å². The van der Waals surface area contributed by atoms with Crippen molar-refractivity contribution in [2.24, 2.45) is 0 Å². The molecule has 22 heavy (non-hydrogen) atoms. The second kappa shape index (κ2) is 7.40. The highest BCUT2D eigenvalue weighted by atomic mass is 16.6. The largest absolute Gasteiger partial charge is 0.494 e. The van der Waals surface area contributed by atoms with Gasteiger partial charge in [0.05, 0.1) is 6.61 Å². The van der Waals surface area contributed by atoms with E-state index in [1.54, 1.807) is 19.9 Å². The predicted octanol–water partition coefficient (Wildman–Crippen LogP) is 3.09.